The lowest BCUT2D eigenvalue weighted by atomic mass is 10.1. The van der Waals surface area contributed by atoms with E-state index in [1.807, 2.05) is 0 Å². The first-order valence-corrected chi connectivity index (χ1v) is 12.2. The molecule has 12 nitrogen and oxygen atoms in total. The number of nitrogen functional groups attached to an aromatic ring is 1. The highest BCUT2D eigenvalue weighted by Crippen LogP contribution is 2.38. The van der Waals surface area contributed by atoms with Gasteiger partial charge in [0.05, 0.1) is 27.4 Å². The van der Waals surface area contributed by atoms with Crippen molar-refractivity contribution in [2.45, 2.75) is 0 Å². The van der Waals surface area contributed by atoms with Gasteiger partial charge < -0.3 is 16.4 Å². The number of nitrogens with one attached hydrogen (secondary N) is 2. The molecule has 4 aromatic rings. The largest absolute Gasteiger partial charge is 0.393 e. The number of imide groups is 1. The van der Waals surface area contributed by atoms with Crippen LogP contribution in [0.25, 0.3) is 11.3 Å². The van der Waals surface area contributed by atoms with Gasteiger partial charge in [-0.25, -0.2) is 14.9 Å². The molecule has 3 heterocycles. The quantitative estimate of drug-likeness (QED) is 0.0898. The van der Waals surface area contributed by atoms with E-state index in [2.05, 4.69) is 25.6 Å². The Morgan fingerprint density at radius 1 is 0.949 bits per heavy atom. The lowest BCUT2D eigenvalue weighted by Gasteiger charge is -2.19. The maximum Gasteiger partial charge on any atom is 0.292 e. The van der Waals surface area contributed by atoms with E-state index in [1.165, 1.54) is 36.7 Å². The Labute approximate surface area is 230 Å². The molecule has 4 N–H and O–H groups in total. The number of nitrogens with two attached hydrogens (primary N) is 1. The van der Waals surface area contributed by atoms with Crippen LogP contribution in [0.1, 0.15) is 20.8 Å². The van der Waals surface area contributed by atoms with Crippen LogP contribution in [0.3, 0.4) is 0 Å². The normalized spacial score (nSPS) is 12.4. The minimum Gasteiger partial charge on any atom is -0.393 e. The number of nitro benzene ring substituents is 1. The van der Waals surface area contributed by atoms with Crippen molar-refractivity contribution in [2.75, 3.05) is 34.4 Å². The number of pyridine rings is 1. The van der Waals surface area contributed by atoms with Gasteiger partial charge in [0.25, 0.3) is 17.5 Å². The molecule has 5 rings (SSSR count). The minimum absolute atomic E-state index is 0.0378. The van der Waals surface area contributed by atoms with Gasteiger partial charge in [-0.3, -0.25) is 24.7 Å². The van der Waals surface area contributed by atoms with Crippen LogP contribution in [0, 0.1) is 10.1 Å². The van der Waals surface area contributed by atoms with Gasteiger partial charge in [0.2, 0.25) is 5.95 Å². The van der Waals surface area contributed by atoms with E-state index in [-0.39, 0.29) is 45.0 Å². The number of nitro groups is 1. The first-order chi connectivity index (χ1) is 18.7. The second kappa shape index (κ2) is 10.5. The van der Waals surface area contributed by atoms with Crippen molar-refractivity contribution in [3.05, 3.63) is 92.3 Å². The van der Waals surface area contributed by atoms with Crippen molar-refractivity contribution in [3.8, 4) is 11.3 Å². The summed E-state index contributed by atoms with van der Waals surface area (Å²) >= 11 is 12.5. The summed E-state index contributed by atoms with van der Waals surface area (Å²) in [6, 6.07) is 12.2. The molecule has 0 atom stereocenters. The van der Waals surface area contributed by atoms with Gasteiger partial charge >= 0.3 is 0 Å². The molecule has 0 saturated carbocycles. The summed E-state index contributed by atoms with van der Waals surface area (Å²) in [6.07, 6.45) is 2.80. The van der Waals surface area contributed by atoms with Crippen molar-refractivity contribution >= 4 is 63.7 Å². The van der Waals surface area contributed by atoms with Crippen molar-refractivity contribution in [1.29, 1.82) is 0 Å². The van der Waals surface area contributed by atoms with Gasteiger partial charge in [0.15, 0.2) is 0 Å². The van der Waals surface area contributed by atoms with Crippen LogP contribution in [-0.4, -0.2) is 44.8 Å². The molecule has 2 amide bonds. The summed E-state index contributed by atoms with van der Waals surface area (Å²) < 4.78 is 0. The van der Waals surface area contributed by atoms with Crippen LogP contribution >= 0.6 is 23.2 Å². The third kappa shape index (κ3) is 5.02. The van der Waals surface area contributed by atoms with Crippen molar-refractivity contribution in [3.63, 3.8) is 0 Å². The van der Waals surface area contributed by atoms with E-state index in [9.17, 15) is 19.7 Å². The number of anilines is 4. The van der Waals surface area contributed by atoms with Gasteiger partial charge in [-0.1, -0.05) is 23.2 Å². The maximum atomic E-state index is 13.1. The average Bonchev–Trinajstić information content (AvgIpc) is 3.16. The SMILES string of the molecule is Nc1cc(NCCNc2ncc(N3C(=O)c4cccnc4C3=O)c(-c3ccc(Cl)cc3Cl)n2)ccc1[N+](=O)[O-]. The topological polar surface area (TPSA) is 169 Å². The molecule has 2 aromatic heterocycles. The van der Waals surface area contributed by atoms with Gasteiger partial charge in [-0.05, 0) is 42.5 Å². The van der Waals surface area contributed by atoms with Gasteiger partial charge in [0, 0.05) is 41.6 Å². The zero-order chi connectivity index (χ0) is 27.7. The molecule has 0 fully saturated rings. The lowest BCUT2D eigenvalue weighted by molar-refractivity contribution is -0.383. The molecular weight excluding hydrogens is 547 g/mol. The van der Waals surface area contributed by atoms with Crippen LogP contribution in [-0.2, 0) is 0 Å². The molecule has 196 valence electrons. The Kier molecular flexibility index (Phi) is 6.96. The van der Waals surface area contributed by atoms with E-state index >= 15 is 0 Å². The first-order valence-electron chi connectivity index (χ1n) is 11.4. The van der Waals surface area contributed by atoms with E-state index < -0.39 is 16.7 Å². The Bertz CT molecular complexity index is 1610. The fraction of sp³-hybridized carbons (Fsp3) is 0.0800. The number of aromatic nitrogens is 3. The number of carbonyl (C=O) groups is 2. The van der Waals surface area contributed by atoms with Crippen LogP contribution in [0.4, 0.5) is 28.7 Å². The Morgan fingerprint density at radius 2 is 1.74 bits per heavy atom. The summed E-state index contributed by atoms with van der Waals surface area (Å²) in [5.74, 6) is -0.942. The molecule has 2 aromatic carbocycles. The predicted molar refractivity (Wildman–Crippen MR) is 147 cm³/mol. The van der Waals surface area contributed by atoms with Gasteiger partial charge in [0.1, 0.15) is 17.1 Å². The maximum absolute atomic E-state index is 13.1. The second-order valence-corrected chi connectivity index (χ2v) is 9.12. The van der Waals surface area contributed by atoms with Crippen LogP contribution in [0.15, 0.2) is 60.9 Å². The molecule has 14 heteroatoms. The van der Waals surface area contributed by atoms with Crippen LogP contribution in [0.2, 0.25) is 10.0 Å². The molecule has 0 unspecified atom stereocenters. The third-order valence-electron chi connectivity index (χ3n) is 5.80. The molecular formula is C25H18Cl2N8O4. The minimum atomic E-state index is -0.599. The summed E-state index contributed by atoms with van der Waals surface area (Å²) in [5, 5.41) is 17.8. The van der Waals surface area contributed by atoms with Crippen LogP contribution < -0.4 is 21.3 Å². The van der Waals surface area contributed by atoms with E-state index in [4.69, 9.17) is 28.9 Å². The summed E-state index contributed by atoms with van der Waals surface area (Å²) in [5.41, 5.74) is 7.23. The highest BCUT2D eigenvalue weighted by Gasteiger charge is 2.39. The Morgan fingerprint density at radius 3 is 2.46 bits per heavy atom. The zero-order valence-electron chi connectivity index (χ0n) is 19.9. The number of benzene rings is 2. The molecule has 1 aliphatic heterocycles. The third-order valence-corrected chi connectivity index (χ3v) is 6.35. The van der Waals surface area contributed by atoms with E-state index in [0.29, 0.717) is 29.4 Å². The number of fused-ring (bicyclic) bond motifs is 1. The summed E-state index contributed by atoms with van der Waals surface area (Å²) in [7, 11) is 0. The number of halogens is 2. The standard InChI is InChI=1S/C25H18Cl2N8O4/c26-13-3-5-15(17(27)10-13)21-20(34-23(36)16-2-1-7-30-22(16)24(34)37)12-32-25(33-21)31-9-8-29-14-4-6-19(35(38)39)18(28)11-14/h1-7,10-12,29H,8-9,28H2,(H,31,32,33). The van der Waals surface area contributed by atoms with Gasteiger partial charge in [-0.2, -0.15) is 0 Å². The fourth-order valence-electron chi connectivity index (χ4n) is 4.00. The highest BCUT2D eigenvalue weighted by molar-refractivity contribution is 6.37. The second-order valence-electron chi connectivity index (χ2n) is 8.28. The molecule has 0 spiro atoms. The number of carbonyl (C=O) groups excluding carboxylic acids is 2. The molecule has 0 aliphatic carbocycles. The Balaban J connectivity index is 1.40. The van der Waals surface area contributed by atoms with Crippen molar-refractivity contribution < 1.29 is 14.5 Å². The number of rotatable bonds is 8. The number of nitrogens with zero attached hydrogens (tertiary/aromatic N) is 5. The Hall–Kier alpha value is -4.81. The summed E-state index contributed by atoms with van der Waals surface area (Å²) in [6.45, 7) is 0.741. The number of hydrogen-bond donors (Lipinski definition) is 3. The average molecular weight is 565 g/mol. The van der Waals surface area contributed by atoms with Crippen molar-refractivity contribution in [1.82, 2.24) is 15.0 Å². The lowest BCUT2D eigenvalue weighted by Crippen LogP contribution is -2.30. The predicted octanol–water partition coefficient (Wildman–Crippen LogP) is 4.66. The smallest absolute Gasteiger partial charge is 0.292 e. The molecule has 39 heavy (non-hydrogen) atoms. The number of hydrogen-bond acceptors (Lipinski definition) is 10. The first kappa shape index (κ1) is 25.8. The van der Waals surface area contributed by atoms with Gasteiger partial charge in [-0.15, -0.1) is 0 Å². The molecule has 0 saturated heterocycles. The monoisotopic (exact) mass is 564 g/mol. The highest BCUT2D eigenvalue weighted by atomic mass is 35.5. The zero-order valence-corrected chi connectivity index (χ0v) is 21.4. The van der Waals surface area contributed by atoms with E-state index in [0.717, 1.165) is 4.90 Å². The summed E-state index contributed by atoms with van der Waals surface area (Å²) in [4.78, 5) is 50.5. The van der Waals surface area contributed by atoms with E-state index in [1.54, 1.807) is 24.3 Å². The molecule has 0 bridgehead atoms. The number of amides is 2. The van der Waals surface area contributed by atoms with Crippen LogP contribution in [0.5, 0.6) is 0 Å². The molecule has 1 aliphatic rings. The molecule has 0 radical (unpaired) electrons. The fourth-order valence-corrected chi connectivity index (χ4v) is 4.50. The van der Waals surface area contributed by atoms with Crippen molar-refractivity contribution in [2.24, 2.45) is 0 Å².